The number of halogens is 1. The molecule has 0 saturated carbocycles. The predicted molar refractivity (Wildman–Crippen MR) is 135 cm³/mol. The number of thioether (sulfide) groups is 1. The molecule has 1 aromatic heterocycles. The summed E-state index contributed by atoms with van der Waals surface area (Å²) in [7, 11) is 0. The fourth-order valence-corrected chi connectivity index (χ4v) is 4.33. The van der Waals surface area contributed by atoms with E-state index in [2.05, 4.69) is 20.8 Å². The summed E-state index contributed by atoms with van der Waals surface area (Å²) in [6.07, 6.45) is 0. The van der Waals surface area contributed by atoms with Gasteiger partial charge in [0.25, 0.3) is 0 Å². The highest BCUT2D eigenvalue weighted by Gasteiger charge is 2.19. The van der Waals surface area contributed by atoms with Crippen LogP contribution >= 0.6 is 11.8 Å². The van der Waals surface area contributed by atoms with E-state index in [1.807, 2.05) is 62.4 Å². The second-order valence-corrected chi connectivity index (χ2v) is 8.78. The molecule has 0 aliphatic carbocycles. The fraction of sp³-hybridized carbons (Fsp3) is 0.154. The molecule has 0 saturated heterocycles. The number of aromatic nitrogens is 3. The first-order valence-electron chi connectivity index (χ1n) is 11.0. The van der Waals surface area contributed by atoms with Crippen LogP contribution in [0.25, 0.3) is 17.1 Å². The Morgan fingerprint density at radius 1 is 0.886 bits per heavy atom. The molecule has 2 amide bonds. The highest BCUT2D eigenvalue weighted by Crippen LogP contribution is 2.29. The zero-order valence-corrected chi connectivity index (χ0v) is 20.1. The van der Waals surface area contributed by atoms with E-state index in [0.29, 0.717) is 16.5 Å². The van der Waals surface area contributed by atoms with Crippen LogP contribution in [-0.4, -0.2) is 38.9 Å². The van der Waals surface area contributed by atoms with Gasteiger partial charge in [-0.1, -0.05) is 60.3 Å². The van der Waals surface area contributed by atoms with Crippen LogP contribution in [0.3, 0.4) is 0 Å². The average Bonchev–Trinajstić information content (AvgIpc) is 3.28. The number of para-hydroxylation sites is 2. The first-order valence-corrected chi connectivity index (χ1v) is 11.9. The van der Waals surface area contributed by atoms with Crippen LogP contribution in [0.15, 0.2) is 78.0 Å². The van der Waals surface area contributed by atoms with Crippen molar-refractivity contribution in [1.29, 1.82) is 0 Å². The highest BCUT2D eigenvalue weighted by atomic mass is 32.2. The summed E-state index contributed by atoms with van der Waals surface area (Å²) in [5, 5.41) is 14.3. The van der Waals surface area contributed by atoms with Gasteiger partial charge in [-0.05, 0) is 49.2 Å². The topological polar surface area (TPSA) is 88.9 Å². The molecule has 0 unspecified atom stereocenters. The summed E-state index contributed by atoms with van der Waals surface area (Å²) in [6.45, 7) is 3.67. The van der Waals surface area contributed by atoms with Crippen LogP contribution < -0.4 is 10.6 Å². The lowest BCUT2D eigenvalue weighted by Crippen LogP contribution is -2.34. The molecule has 0 radical (unpaired) electrons. The maximum atomic E-state index is 14.5. The molecule has 0 fully saturated rings. The van der Waals surface area contributed by atoms with E-state index in [-0.39, 0.29) is 24.1 Å². The van der Waals surface area contributed by atoms with Gasteiger partial charge in [-0.25, -0.2) is 4.39 Å². The van der Waals surface area contributed by atoms with Crippen LogP contribution in [0.2, 0.25) is 0 Å². The van der Waals surface area contributed by atoms with Crippen molar-refractivity contribution in [3.05, 3.63) is 89.7 Å². The lowest BCUT2D eigenvalue weighted by Gasteiger charge is -2.12. The van der Waals surface area contributed by atoms with Crippen molar-refractivity contribution in [2.24, 2.45) is 0 Å². The van der Waals surface area contributed by atoms with Crippen LogP contribution in [-0.2, 0) is 9.59 Å². The average molecular weight is 490 g/mol. The molecule has 1 heterocycles. The van der Waals surface area contributed by atoms with Crippen molar-refractivity contribution >= 4 is 29.3 Å². The van der Waals surface area contributed by atoms with E-state index in [1.54, 1.807) is 22.8 Å². The van der Waals surface area contributed by atoms with Gasteiger partial charge in [0.05, 0.1) is 17.9 Å². The van der Waals surface area contributed by atoms with E-state index in [0.717, 1.165) is 34.3 Å². The number of anilines is 1. The third-order valence-corrected chi connectivity index (χ3v) is 6.22. The second-order valence-electron chi connectivity index (χ2n) is 7.84. The third kappa shape index (κ3) is 5.75. The van der Waals surface area contributed by atoms with Gasteiger partial charge in [-0.2, -0.15) is 0 Å². The fourth-order valence-electron chi connectivity index (χ4n) is 3.55. The number of aryl methyl sites for hydroxylation is 2. The second kappa shape index (κ2) is 11.0. The van der Waals surface area contributed by atoms with Gasteiger partial charge in [-0.15, -0.1) is 10.2 Å². The van der Waals surface area contributed by atoms with E-state index in [9.17, 15) is 14.0 Å². The Morgan fingerprint density at radius 3 is 2.29 bits per heavy atom. The number of rotatable bonds is 8. The molecule has 9 heteroatoms. The molecule has 0 atom stereocenters. The Balaban J connectivity index is 1.44. The normalized spacial score (nSPS) is 10.7. The zero-order valence-electron chi connectivity index (χ0n) is 19.3. The predicted octanol–water partition coefficient (Wildman–Crippen LogP) is 4.54. The van der Waals surface area contributed by atoms with Crippen molar-refractivity contribution in [3.63, 3.8) is 0 Å². The maximum absolute atomic E-state index is 14.5. The summed E-state index contributed by atoms with van der Waals surface area (Å²) < 4.78 is 16.2. The van der Waals surface area contributed by atoms with E-state index in [4.69, 9.17) is 0 Å². The van der Waals surface area contributed by atoms with Crippen molar-refractivity contribution in [2.45, 2.75) is 19.0 Å². The Labute approximate surface area is 206 Å². The van der Waals surface area contributed by atoms with Gasteiger partial charge in [0.15, 0.2) is 11.0 Å². The molecule has 4 aromatic rings. The Kier molecular flexibility index (Phi) is 7.57. The molecule has 3 aromatic carbocycles. The van der Waals surface area contributed by atoms with Gasteiger partial charge in [0, 0.05) is 11.4 Å². The number of carbonyl (C=O) groups excluding carboxylic acids is 2. The summed E-state index contributed by atoms with van der Waals surface area (Å²) >= 11 is 1.16. The number of hydrogen-bond acceptors (Lipinski definition) is 5. The monoisotopic (exact) mass is 489 g/mol. The molecule has 0 aliphatic rings. The van der Waals surface area contributed by atoms with Gasteiger partial charge in [0.2, 0.25) is 11.8 Å². The molecule has 7 nitrogen and oxygen atoms in total. The Bertz CT molecular complexity index is 1340. The quantitative estimate of drug-likeness (QED) is 0.355. The number of nitrogens with one attached hydrogen (secondary N) is 2. The molecule has 0 aliphatic heterocycles. The van der Waals surface area contributed by atoms with Crippen molar-refractivity contribution in [3.8, 4) is 17.1 Å². The highest BCUT2D eigenvalue weighted by molar-refractivity contribution is 7.99. The Hall–Kier alpha value is -3.98. The maximum Gasteiger partial charge on any atom is 0.243 e. The van der Waals surface area contributed by atoms with Crippen molar-refractivity contribution < 1.29 is 14.0 Å². The summed E-state index contributed by atoms with van der Waals surface area (Å²) in [4.78, 5) is 24.8. The van der Waals surface area contributed by atoms with E-state index >= 15 is 0 Å². The zero-order chi connectivity index (χ0) is 24.8. The first-order chi connectivity index (χ1) is 16.9. The number of benzene rings is 3. The van der Waals surface area contributed by atoms with Crippen LogP contribution in [0.4, 0.5) is 10.1 Å². The molecular formula is C26H24FN5O2S. The number of hydrogen-bond donors (Lipinski definition) is 2. The number of carbonyl (C=O) groups is 2. The molecule has 0 bridgehead atoms. The van der Waals surface area contributed by atoms with Crippen molar-refractivity contribution in [1.82, 2.24) is 20.1 Å². The molecule has 2 N–H and O–H groups in total. The molecule has 0 spiro atoms. The lowest BCUT2D eigenvalue weighted by molar-refractivity contribution is -0.122. The summed E-state index contributed by atoms with van der Waals surface area (Å²) in [6, 6.07) is 21.4. The van der Waals surface area contributed by atoms with Gasteiger partial charge >= 0.3 is 0 Å². The van der Waals surface area contributed by atoms with Crippen LogP contribution in [0.1, 0.15) is 11.1 Å². The molecule has 178 valence electrons. The minimum absolute atomic E-state index is 0.0128. The minimum Gasteiger partial charge on any atom is -0.346 e. The first kappa shape index (κ1) is 24.2. The largest absolute Gasteiger partial charge is 0.346 e. The lowest BCUT2D eigenvalue weighted by atomic mass is 10.1. The summed E-state index contributed by atoms with van der Waals surface area (Å²) in [5.74, 6) is -0.706. The number of nitrogens with zero attached hydrogens (tertiary/aromatic N) is 3. The Morgan fingerprint density at radius 2 is 1.57 bits per heavy atom. The van der Waals surface area contributed by atoms with E-state index < -0.39 is 5.82 Å². The molecular weight excluding hydrogens is 465 g/mol. The standard InChI is InChI=1S/C26H24FN5O2S/c1-17-9-8-10-18(2)24(17)29-22(33)15-28-23(34)16-35-26-31-30-25(20-13-6-7-14-21(20)27)32(26)19-11-4-3-5-12-19/h3-14H,15-16H2,1-2H3,(H,28,34)(H,29,33). The van der Waals surface area contributed by atoms with Gasteiger partial charge < -0.3 is 10.6 Å². The van der Waals surface area contributed by atoms with E-state index in [1.165, 1.54) is 6.07 Å². The SMILES string of the molecule is Cc1cccc(C)c1NC(=O)CNC(=O)CSc1nnc(-c2ccccc2F)n1-c1ccccc1. The number of amides is 2. The van der Waals surface area contributed by atoms with Crippen LogP contribution in [0.5, 0.6) is 0 Å². The molecule has 4 rings (SSSR count). The van der Waals surface area contributed by atoms with Gasteiger partial charge in [-0.3, -0.25) is 14.2 Å². The van der Waals surface area contributed by atoms with Crippen molar-refractivity contribution in [2.75, 3.05) is 17.6 Å². The third-order valence-electron chi connectivity index (χ3n) is 5.29. The molecule has 35 heavy (non-hydrogen) atoms. The van der Waals surface area contributed by atoms with Gasteiger partial charge in [0.1, 0.15) is 5.82 Å². The smallest absolute Gasteiger partial charge is 0.243 e. The minimum atomic E-state index is -0.415. The van der Waals surface area contributed by atoms with Crippen LogP contribution in [0, 0.1) is 19.7 Å². The summed E-state index contributed by atoms with van der Waals surface area (Å²) in [5.41, 5.74) is 3.70.